The normalized spacial score (nSPS) is 19.8. The maximum atomic E-state index is 12.3. The van der Waals surface area contributed by atoms with E-state index >= 15 is 0 Å². The second kappa shape index (κ2) is 6.43. The number of likely N-dealkylation sites (tertiary alicyclic amines) is 1. The summed E-state index contributed by atoms with van der Waals surface area (Å²) in [5.41, 5.74) is 0.0383. The minimum atomic E-state index is -3.66. The molecule has 0 aliphatic carbocycles. The number of likely N-dealkylation sites (N-methyl/N-ethyl adjacent to an activating group) is 1. The Balaban J connectivity index is 2.14. The van der Waals surface area contributed by atoms with Crippen LogP contribution in [0, 0.1) is 0 Å². The molecule has 1 aromatic rings. The Hall–Kier alpha value is -0.960. The van der Waals surface area contributed by atoms with E-state index in [9.17, 15) is 13.2 Å². The number of aromatic carboxylic acids is 1. The Morgan fingerprint density at radius 1 is 1.52 bits per heavy atom. The average Bonchev–Trinajstić information content (AvgIpc) is 2.81. The monoisotopic (exact) mass is 376 g/mol. The number of rotatable bonds is 5. The summed E-state index contributed by atoms with van der Waals surface area (Å²) in [5.74, 6) is -1.10. The van der Waals surface area contributed by atoms with Gasteiger partial charge in [-0.05, 0) is 60.6 Å². The van der Waals surface area contributed by atoms with Crippen molar-refractivity contribution >= 4 is 31.9 Å². The summed E-state index contributed by atoms with van der Waals surface area (Å²) in [7, 11) is -1.69. The predicted molar refractivity (Wildman–Crippen MR) is 81.9 cm³/mol. The van der Waals surface area contributed by atoms with Gasteiger partial charge in [0.25, 0.3) is 0 Å². The Kier molecular flexibility index (Phi) is 5.03. The molecule has 116 valence electrons. The van der Waals surface area contributed by atoms with Crippen LogP contribution in [-0.4, -0.2) is 50.6 Å². The molecule has 0 saturated carbocycles. The van der Waals surface area contributed by atoms with Crippen LogP contribution in [0.4, 0.5) is 0 Å². The van der Waals surface area contributed by atoms with Crippen LogP contribution in [0.3, 0.4) is 0 Å². The van der Waals surface area contributed by atoms with Gasteiger partial charge in [0, 0.05) is 17.1 Å². The van der Waals surface area contributed by atoms with Gasteiger partial charge in [0.2, 0.25) is 10.0 Å². The molecule has 1 aliphatic rings. The van der Waals surface area contributed by atoms with Gasteiger partial charge in [-0.3, -0.25) is 0 Å². The van der Waals surface area contributed by atoms with Crippen LogP contribution < -0.4 is 4.72 Å². The molecular formula is C13H17BrN2O4S. The maximum Gasteiger partial charge on any atom is 0.335 e. The van der Waals surface area contributed by atoms with E-state index in [1.807, 2.05) is 7.05 Å². The molecule has 1 heterocycles. The number of carboxylic acids is 1. The van der Waals surface area contributed by atoms with Gasteiger partial charge in [-0.25, -0.2) is 17.9 Å². The lowest BCUT2D eigenvalue weighted by molar-refractivity contribution is 0.0696. The maximum absolute atomic E-state index is 12.3. The molecule has 1 unspecified atom stereocenters. The quantitative estimate of drug-likeness (QED) is 0.813. The van der Waals surface area contributed by atoms with Gasteiger partial charge >= 0.3 is 5.97 Å². The van der Waals surface area contributed by atoms with E-state index in [2.05, 4.69) is 25.6 Å². The second-order valence-corrected chi connectivity index (χ2v) is 7.67. The van der Waals surface area contributed by atoms with Crippen LogP contribution in [0.5, 0.6) is 0 Å². The number of benzene rings is 1. The number of hydrogen-bond donors (Lipinski definition) is 2. The number of hydrogen-bond acceptors (Lipinski definition) is 4. The summed E-state index contributed by atoms with van der Waals surface area (Å²) in [4.78, 5) is 13.0. The molecule has 6 nitrogen and oxygen atoms in total. The Labute approximate surface area is 132 Å². The standard InChI is InChI=1S/C13H17BrN2O4S/c1-16-6-2-3-10(16)8-15-21(19,20)12-5-4-9(13(17)18)7-11(12)14/h4-5,7,10,15H,2-3,6,8H2,1H3,(H,17,18). The number of nitrogens with one attached hydrogen (secondary N) is 1. The zero-order valence-corrected chi connectivity index (χ0v) is 13.9. The van der Waals surface area contributed by atoms with E-state index < -0.39 is 16.0 Å². The largest absolute Gasteiger partial charge is 0.478 e. The number of carboxylic acid groups (broad SMARTS) is 1. The second-order valence-electron chi connectivity index (χ2n) is 5.08. The third-order valence-corrected chi connectivity index (χ3v) is 6.05. The fourth-order valence-corrected chi connectivity index (χ4v) is 4.52. The van der Waals surface area contributed by atoms with Crippen LogP contribution in [0.2, 0.25) is 0 Å². The van der Waals surface area contributed by atoms with Crippen molar-refractivity contribution in [2.45, 2.75) is 23.8 Å². The van der Waals surface area contributed by atoms with Gasteiger partial charge in [0.05, 0.1) is 10.5 Å². The molecule has 0 bridgehead atoms. The zero-order chi connectivity index (χ0) is 15.6. The van der Waals surface area contributed by atoms with Crippen LogP contribution >= 0.6 is 15.9 Å². The average molecular weight is 377 g/mol. The highest BCUT2D eigenvalue weighted by Crippen LogP contribution is 2.23. The first-order chi connectivity index (χ1) is 9.81. The van der Waals surface area contributed by atoms with Crippen LogP contribution in [0.1, 0.15) is 23.2 Å². The van der Waals surface area contributed by atoms with E-state index in [0.29, 0.717) is 6.54 Å². The molecule has 21 heavy (non-hydrogen) atoms. The zero-order valence-electron chi connectivity index (χ0n) is 11.5. The lowest BCUT2D eigenvalue weighted by Gasteiger charge is -2.19. The molecule has 2 rings (SSSR count). The molecule has 1 aromatic carbocycles. The lowest BCUT2D eigenvalue weighted by Crippen LogP contribution is -2.38. The number of sulfonamides is 1. The molecule has 1 aliphatic heterocycles. The minimum Gasteiger partial charge on any atom is -0.478 e. The summed E-state index contributed by atoms with van der Waals surface area (Å²) in [6.45, 7) is 1.33. The summed E-state index contributed by atoms with van der Waals surface area (Å²) in [6.07, 6.45) is 2.04. The van der Waals surface area contributed by atoms with Gasteiger partial charge < -0.3 is 10.0 Å². The van der Waals surface area contributed by atoms with Gasteiger partial charge in [-0.15, -0.1) is 0 Å². The Bertz CT molecular complexity index is 648. The number of nitrogens with zero attached hydrogens (tertiary/aromatic N) is 1. The van der Waals surface area contributed by atoms with Crippen LogP contribution in [0.15, 0.2) is 27.6 Å². The van der Waals surface area contributed by atoms with Gasteiger partial charge in [0.1, 0.15) is 0 Å². The highest BCUT2D eigenvalue weighted by Gasteiger charge is 2.24. The minimum absolute atomic E-state index is 0.0383. The lowest BCUT2D eigenvalue weighted by atomic mass is 10.2. The van der Waals surface area contributed by atoms with Crippen molar-refractivity contribution in [3.8, 4) is 0 Å². The topological polar surface area (TPSA) is 86.7 Å². The first-order valence-corrected chi connectivity index (χ1v) is 8.81. The highest BCUT2D eigenvalue weighted by atomic mass is 79.9. The fourth-order valence-electron chi connectivity index (χ4n) is 2.37. The van der Waals surface area contributed by atoms with E-state index in [1.54, 1.807) is 0 Å². The summed E-state index contributed by atoms with van der Waals surface area (Å²) >= 11 is 3.12. The van der Waals surface area contributed by atoms with Crippen molar-refractivity contribution in [1.29, 1.82) is 0 Å². The molecule has 0 spiro atoms. The molecule has 1 atom stereocenters. The smallest absolute Gasteiger partial charge is 0.335 e. The first kappa shape index (κ1) is 16.4. The summed E-state index contributed by atoms with van der Waals surface area (Å²) in [5, 5.41) is 8.89. The van der Waals surface area contributed by atoms with Crippen molar-refractivity contribution in [3.63, 3.8) is 0 Å². The summed E-state index contributed by atoms with van der Waals surface area (Å²) in [6, 6.07) is 4.08. The highest BCUT2D eigenvalue weighted by molar-refractivity contribution is 9.10. The molecule has 1 fully saturated rings. The Morgan fingerprint density at radius 3 is 2.76 bits per heavy atom. The molecule has 0 aromatic heterocycles. The Morgan fingerprint density at radius 2 is 2.24 bits per heavy atom. The molecule has 8 heteroatoms. The van der Waals surface area contributed by atoms with E-state index in [0.717, 1.165) is 19.4 Å². The van der Waals surface area contributed by atoms with Crippen molar-refractivity contribution in [1.82, 2.24) is 9.62 Å². The third-order valence-electron chi connectivity index (χ3n) is 3.65. The fraction of sp³-hybridized carbons (Fsp3) is 0.462. The van der Waals surface area contributed by atoms with Crippen LogP contribution in [-0.2, 0) is 10.0 Å². The number of halogens is 1. The first-order valence-electron chi connectivity index (χ1n) is 6.54. The SMILES string of the molecule is CN1CCCC1CNS(=O)(=O)c1ccc(C(=O)O)cc1Br. The molecule has 0 amide bonds. The van der Waals surface area contributed by atoms with Crippen molar-refractivity contribution < 1.29 is 18.3 Å². The van der Waals surface area contributed by atoms with Gasteiger partial charge in [-0.1, -0.05) is 0 Å². The number of carbonyl (C=O) groups is 1. The molecule has 2 N–H and O–H groups in total. The third kappa shape index (κ3) is 3.82. The molecule has 1 saturated heterocycles. The van der Waals surface area contributed by atoms with Gasteiger partial charge in [-0.2, -0.15) is 0 Å². The molecular weight excluding hydrogens is 360 g/mol. The predicted octanol–water partition coefficient (Wildman–Crippen LogP) is 1.52. The van der Waals surface area contributed by atoms with E-state index in [1.165, 1.54) is 18.2 Å². The van der Waals surface area contributed by atoms with E-state index in [4.69, 9.17) is 5.11 Å². The van der Waals surface area contributed by atoms with Crippen molar-refractivity contribution in [2.24, 2.45) is 0 Å². The van der Waals surface area contributed by atoms with Crippen molar-refractivity contribution in [2.75, 3.05) is 20.1 Å². The summed E-state index contributed by atoms with van der Waals surface area (Å²) < 4.78 is 27.4. The van der Waals surface area contributed by atoms with Crippen LogP contribution in [0.25, 0.3) is 0 Å². The van der Waals surface area contributed by atoms with Crippen molar-refractivity contribution in [3.05, 3.63) is 28.2 Å². The molecule has 0 radical (unpaired) electrons. The van der Waals surface area contributed by atoms with E-state index in [-0.39, 0.29) is 21.0 Å². The van der Waals surface area contributed by atoms with Gasteiger partial charge in [0.15, 0.2) is 0 Å².